The van der Waals surface area contributed by atoms with Crippen molar-refractivity contribution in [3.05, 3.63) is 214 Å². The summed E-state index contributed by atoms with van der Waals surface area (Å²) in [5.41, 5.74) is 12.2. The van der Waals surface area contributed by atoms with Crippen LogP contribution < -0.4 is 0 Å². The van der Waals surface area contributed by atoms with Gasteiger partial charge in [0.1, 0.15) is 0 Å². The number of hydrogen-bond acceptors (Lipinski definition) is 4. The van der Waals surface area contributed by atoms with Gasteiger partial charge in [-0.3, -0.25) is 0 Å². The van der Waals surface area contributed by atoms with Crippen LogP contribution >= 0.6 is 15.8 Å². The van der Waals surface area contributed by atoms with Gasteiger partial charge in [-0.25, -0.2) is 0 Å². The first-order valence-electron chi connectivity index (χ1n) is 26.7. The van der Waals surface area contributed by atoms with Crippen LogP contribution in [0.5, 0.6) is 0 Å². The van der Waals surface area contributed by atoms with Gasteiger partial charge < -0.3 is 18.9 Å². The number of benzene rings is 6. The van der Waals surface area contributed by atoms with Crippen LogP contribution in [0, 0.1) is 11.8 Å². The zero-order valence-electron chi connectivity index (χ0n) is 42.4. The summed E-state index contributed by atoms with van der Waals surface area (Å²) in [5, 5.41) is 0. The van der Waals surface area contributed by atoms with E-state index in [4.69, 9.17) is 18.9 Å². The Morgan fingerprint density at radius 3 is 0.843 bits per heavy atom. The fourth-order valence-electron chi connectivity index (χ4n) is 13.0. The molecule has 0 saturated carbocycles. The predicted molar refractivity (Wildman–Crippen MR) is 293 cm³/mol. The van der Waals surface area contributed by atoms with Crippen molar-refractivity contribution in [2.45, 2.75) is 152 Å². The summed E-state index contributed by atoms with van der Waals surface area (Å²) in [6, 6.07) is 63.4. The Hall–Kier alpha value is -3.98. The first-order chi connectivity index (χ1) is 34.3. The molecule has 0 aliphatic carbocycles. The largest absolute Gasteiger partial charge is 0.342 e. The molecule has 10 rings (SSSR count). The molecule has 70 heavy (non-hydrogen) atoms. The Kier molecular flexibility index (Phi) is 16.2. The summed E-state index contributed by atoms with van der Waals surface area (Å²) in [7, 11) is -1.05. The molecule has 366 valence electrons. The monoisotopic (exact) mass is 971 g/mol. The SMILES string of the molecule is CCC(c1ccc(C2OC3C(O2)[C@@H](Cc2ccccc2)P(CCP2[C@@H](Cc4ccccc4)C4OC(c5ccc(C(CC)C(C)C)cc5)OC4[C@@H]2Cc2ccccc2)[C@@H]3Cc2ccccc2)cc1)C(C)C. The van der Waals surface area contributed by atoms with E-state index >= 15 is 0 Å². The van der Waals surface area contributed by atoms with Gasteiger partial charge in [0.05, 0.1) is 24.4 Å². The summed E-state index contributed by atoms with van der Waals surface area (Å²) >= 11 is 0. The number of rotatable bonds is 19. The lowest BCUT2D eigenvalue weighted by Gasteiger charge is -2.34. The van der Waals surface area contributed by atoms with Crippen molar-refractivity contribution in [1.29, 1.82) is 0 Å². The summed E-state index contributed by atoms with van der Waals surface area (Å²) < 4.78 is 29.3. The highest BCUT2D eigenvalue weighted by Crippen LogP contribution is 2.67. The molecule has 0 N–H and O–H groups in total. The minimum Gasteiger partial charge on any atom is -0.342 e. The lowest BCUT2D eigenvalue weighted by molar-refractivity contribution is -0.0714. The number of fused-ring (bicyclic) bond motifs is 2. The third-order valence-electron chi connectivity index (χ3n) is 16.5. The molecule has 4 aliphatic rings. The molecular weight excluding hydrogens is 895 g/mol. The topological polar surface area (TPSA) is 36.9 Å². The van der Waals surface area contributed by atoms with E-state index < -0.39 is 15.8 Å². The zero-order valence-corrected chi connectivity index (χ0v) is 44.2. The first kappa shape index (κ1) is 49.6. The van der Waals surface area contributed by atoms with Gasteiger partial charge in [-0.2, -0.15) is 0 Å². The van der Waals surface area contributed by atoms with Gasteiger partial charge >= 0.3 is 0 Å². The fraction of sp³-hybridized carbons (Fsp3) is 0.438. The average Bonchev–Trinajstić information content (AvgIpc) is 4.14. The summed E-state index contributed by atoms with van der Waals surface area (Å²) in [6.45, 7) is 14.0. The van der Waals surface area contributed by atoms with Crippen LogP contribution in [0.3, 0.4) is 0 Å². The Bertz CT molecular complexity index is 2230. The third-order valence-corrected chi connectivity index (χ3v) is 23.7. The Morgan fingerprint density at radius 1 is 0.357 bits per heavy atom. The highest BCUT2D eigenvalue weighted by atomic mass is 31.1. The quantitative estimate of drug-likeness (QED) is 0.0758. The fourth-order valence-corrected chi connectivity index (χ4v) is 21.4. The molecule has 4 saturated heterocycles. The molecule has 0 aromatic heterocycles. The van der Waals surface area contributed by atoms with Crippen LogP contribution in [0.15, 0.2) is 170 Å². The van der Waals surface area contributed by atoms with Crippen molar-refractivity contribution in [3.63, 3.8) is 0 Å². The van der Waals surface area contributed by atoms with Crippen molar-refractivity contribution in [2.75, 3.05) is 12.3 Å². The van der Waals surface area contributed by atoms with Crippen LogP contribution in [0.2, 0.25) is 0 Å². The van der Waals surface area contributed by atoms with Crippen LogP contribution in [0.25, 0.3) is 0 Å². The molecule has 0 amide bonds. The third kappa shape index (κ3) is 10.9. The van der Waals surface area contributed by atoms with E-state index in [9.17, 15) is 0 Å². The Morgan fingerprint density at radius 2 is 0.614 bits per heavy atom. The van der Waals surface area contributed by atoms with Gasteiger partial charge in [0.2, 0.25) is 0 Å². The molecule has 0 radical (unpaired) electrons. The zero-order chi connectivity index (χ0) is 48.1. The number of ether oxygens (including phenoxy) is 4. The van der Waals surface area contributed by atoms with Crippen molar-refractivity contribution >= 4 is 15.8 Å². The standard InChI is InChI=1S/C64H76O4P2/c1-7-53(43(3)4)49-29-33-51(34-30-49)63-65-59-55(39-45-21-13-9-14-22-45)69(56(60(59)66-63)40-46-23-15-10-16-24-46)37-38-70-57(41-47-25-17-11-18-26-47)61-62(58(70)42-48-27-19-12-20-28-48)68-64(67-61)52-35-31-50(32-36-52)54(8-2)44(5)6/h9-36,43-44,53-64H,7-8,37-42H2,1-6H3/t53?,54?,55-,56-,57+,58+,59?,60?,61?,62?,63?,64?,69?,70?. The molecule has 6 aromatic carbocycles. The van der Waals surface area contributed by atoms with Crippen molar-refractivity contribution in [3.8, 4) is 0 Å². The van der Waals surface area contributed by atoms with E-state index in [1.165, 1.54) is 45.7 Å². The second kappa shape index (κ2) is 22.8. The van der Waals surface area contributed by atoms with Crippen LogP contribution in [-0.2, 0) is 44.6 Å². The first-order valence-corrected chi connectivity index (χ1v) is 30.1. The van der Waals surface area contributed by atoms with E-state index in [1.54, 1.807) is 0 Å². The van der Waals surface area contributed by atoms with E-state index in [0.29, 0.717) is 46.3 Å². The van der Waals surface area contributed by atoms with Gasteiger partial charge in [-0.05, 0) is 108 Å². The maximum absolute atomic E-state index is 7.31. The van der Waals surface area contributed by atoms with Gasteiger partial charge in [-0.15, -0.1) is 0 Å². The minimum absolute atomic E-state index is 0.0340. The molecule has 0 bridgehead atoms. The van der Waals surface area contributed by atoms with Gasteiger partial charge in [0.25, 0.3) is 0 Å². The van der Waals surface area contributed by atoms with Crippen LogP contribution in [0.1, 0.15) is 123 Å². The van der Waals surface area contributed by atoms with Gasteiger partial charge in [-0.1, -0.05) is 227 Å². The lowest BCUT2D eigenvalue weighted by atomic mass is 9.86. The molecule has 4 nitrogen and oxygen atoms in total. The van der Waals surface area contributed by atoms with E-state index in [0.717, 1.165) is 49.7 Å². The molecule has 6 unspecified atom stereocenters. The van der Waals surface area contributed by atoms with Crippen molar-refractivity contribution in [2.24, 2.45) is 11.8 Å². The molecule has 6 heteroatoms. The molecular formula is C64H76O4P2. The summed E-state index contributed by atoms with van der Waals surface area (Å²) in [6.07, 6.45) is 8.11. The molecule has 4 heterocycles. The van der Waals surface area contributed by atoms with Crippen molar-refractivity contribution < 1.29 is 18.9 Å². The Labute approximate surface area is 422 Å². The maximum atomic E-state index is 7.31. The van der Waals surface area contributed by atoms with E-state index in [-0.39, 0.29) is 37.0 Å². The Balaban J connectivity index is 0.978. The lowest BCUT2D eigenvalue weighted by Crippen LogP contribution is -2.31. The maximum Gasteiger partial charge on any atom is 0.184 e. The van der Waals surface area contributed by atoms with E-state index in [2.05, 4.69) is 211 Å². The number of hydrogen-bond donors (Lipinski definition) is 0. The molecule has 4 aliphatic heterocycles. The molecule has 0 spiro atoms. The highest BCUT2D eigenvalue weighted by molar-refractivity contribution is 7.63. The smallest absolute Gasteiger partial charge is 0.184 e. The summed E-state index contributed by atoms with van der Waals surface area (Å²) in [5.74, 6) is 2.30. The molecule has 4 fully saturated rings. The molecule has 6 aromatic rings. The van der Waals surface area contributed by atoms with Crippen LogP contribution in [-0.4, -0.2) is 59.4 Å². The second-order valence-electron chi connectivity index (χ2n) is 21.4. The summed E-state index contributed by atoms with van der Waals surface area (Å²) in [4.78, 5) is 0. The predicted octanol–water partition coefficient (Wildman–Crippen LogP) is 15.7. The van der Waals surface area contributed by atoms with Gasteiger partial charge in [0.15, 0.2) is 12.6 Å². The van der Waals surface area contributed by atoms with Crippen molar-refractivity contribution in [1.82, 2.24) is 0 Å². The molecule has 10 atom stereocenters. The van der Waals surface area contributed by atoms with Crippen LogP contribution in [0.4, 0.5) is 0 Å². The highest BCUT2D eigenvalue weighted by Gasteiger charge is 2.59. The minimum atomic E-state index is -0.527. The van der Waals surface area contributed by atoms with E-state index in [1.807, 2.05) is 0 Å². The normalized spacial score (nSPS) is 29.1. The second-order valence-corrected chi connectivity index (χ2v) is 27.0. The average molecular weight is 971 g/mol. The van der Waals surface area contributed by atoms with Gasteiger partial charge in [0, 0.05) is 33.8 Å².